The van der Waals surface area contributed by atoms with Gasteiger partial charge < -0.3 is 10.6 Å². The van der Waals surface area contributed by atoms with E-state index in [0.717, 1.165) is 33.9 Å². The first-order chi connectivity index (χ1) is 9.11. The molecule has 0 unspecified atom stereocenters. The largest absolute Gasteiger partial charge is 0.370 e. The fourth-order valence-corrected chi connectivity index (χ4v) is 2.36. The van der Waals surface area contributed by atoms with Crippen molar-refractivity contribution in [2.24, 2.45) is 0 Å². The highest BCUT2D eigenvalue weighted by atomic mass is 79.9. The van der Waals surface area contributed by atoms with Gasteiger partial charge in [-0.2, -0.15) is 0 Å². The Labute approximate surface area is 125 Å². The van der Waals surface area contributed by atoms with Crippen LogP contribution in [0.15, 0.2) is 29.0 Å². The summed E-state index contributed by atoms with van der Waals surface area (Å²) < 4.78 is 0.941. The fourth-order valence-electron chi connectivity index (χ4n) is 1.64. The normalized spacial score (nSPS) is 10.3. The van der Waals surface area contributed by atoms with E-state index in [2.05, 4.69) is 36.5 Å². The van der Waals surface area contributed by atoms with Gasteiger partial charge in [0.2, 0.25) is 0 Å². The molecule has 1 aromatic heterocycles. The Hall–Kier alpha value is -1.33. The van der Waals surface area contributed by atoms with Crippen molar-refractivity contribution in [2.45, 2.75) is 13.8 Å². The van der Waals surface area contributed by atoms with Gasteiger partial charge in [0.15, 0.2) is 0 Å². The van der Waals surface area contributed by atoms with E-state index in [1.165, 1.54) is 6.33 Å². The third kappa shape index (κ3) is 3.36. The molecule has 0 aliphatic carbocycles. The average Bonchev–Trinajstić information content (AvgIpc) is 2.37. The van der Waals surface area contributed by atoms with Gasteiger partial charge in [0.1, 0.15) is 18.0 Å². The van der Waals surface area contributed by atoms with Crippen LogP contribution < -0.4 is 10.6 Å². The number of nitrogens with one attached hydrogen (secondary N) is 2. The number of nitrogens with zero attached hydrogens (tertiary/aromatic N) is 2. The minimum Gasteiger partial charge on any atom is -0.370 e. The number of hydrogen-bond donors (Lipinski definition) is 2. The van der Waals surface area contributed by atoms with Crippen molar-refractivity contribution in [1.29, 1.82) is 0 Å². The standard InChI is InChI=1S/C13H14BrClN4/c1-3-16-12-8(2)13(18-7-17-12)19-11-5-4-9(14)6-10(11)15/h4-7H,3H2,1-2H3,(H2,16,17,18,19). The summed E-state index contributed by atoms with van der Waals surface area (Å²) in [5.41, 5.74) is 1.78. The zero-order valence-electron chi connectivity index (χ0n) is 10.7. The van der Waals surface area contributed by atoms with Gasteiger partial charge in [0.05, 0.1) is 10.7 Å². The summed E-state index contributed by atoms with van der Waals surface area (Å²) in [5.74, 6) is 1.57. The molecule has 2 rings (SSSR count). The molecule has 100 valence electrons. The quantitative estimate of drug-likeness (QED) is 0.866. The molecule has 19 heavy (non-hydrogen) atoms. The van der Waals surface area contributed by atoms with E-state index in [1.54, 1.807) is 0 Å². The van der Waals surface area contributed by atoms with Gasteiger partial charge in [-0.3, -0.25) is 0 Å². The highest BCUT2D eigenvalue weighted by Crippen LogP contribution is 2.29. The van der Waals surface area contributed by atoms with Crippen LogP contribution in [0.3, 0.4) is 0 Å². The minimum absolute atomic E-state index is 0.636. The average molecular weight is 342 g/mol. The van der Waals surface area contributed by atoms with Crippen LogP contribution in [0.4, 0.5) is 17.3 Å². The Balaban J connectivity index is 2.30. The molecule has 0 aliphatic rings. The topological polar surface area (TPSA) is 49.8 Å². The third-order valence-corrected chi connectivity index (χ3v) is 3.42. The van der Waals surface area contributed by atoms with Crippen LogP contribution in [0.1, 0.15) is 12.5 Å². The summed E-state index contributed by atoms with van der Waals surface area (Å²) in [4.78, 5) is 8.45. The summed E-state index contributed by atoms with van der Waals surface area (Å²) in [6.07, 6.45) is 1.53. The van der Waals surface area contributed by atoms with E-state index >= 15 is 0 Å². The van der Waals surface area contributed by atoms with Crippen LogP contribution in [0.5, 0.6) is 0 Å². The number of hydrogen-bond acceptors (Lipinski definition) is 4. The van der Waals surface area contributed by atoms with E-state index in [1.807, 2.05) is 32.0 Å². The van der Waals surface area contributed by atoms with Crippen molar-refractivity contribution in [3.8, 4) is 0 Å². The first-order valence-electron chi connectivity index (χ1n) is 5.89. The van der Waals surface area contributed by atoms with Crippen LogP contribution in [0, 0.1) is 6.92 Å². The summed E-state index contributed by atoms with van der Waals surface area (Å²) in [6, 6.07) is 5.67. The van der Waals surface area contributed by atoms with Crippen LogP contribution in [-0.2, 0) is 0 Å². The Morgan fingerprint density at radius 1 is 1.26 bits per heavy atom. The summed E-state index contributed by atoms with van der Waals surface area (Å²) in [7, 11) is 0. The Morgan fingerprint density at radius 2 is 2.00 bits per heavy atom. The van der Waals surface area contributed by atoms with Gasteiger partial charge in [0, 0.05) is 16.6 Å². The molecule has 0 radical (unpaired) electrons. The van der Waals surface area contributed by atoms with Gasteiger partial charge in [-0.15, -0.1) is 0 Å². The van der Waals surface area contributed by atoms with Crippen molar-refractivity contribution in [2.75, 3.05) is 17.2 Å². The van der Waals surface area contributed by atoms with Crippen LogP contribution in [0.2, 0.25) is 5.02 Å². The first kappa shape index (κ1) is 14.1. The minimum atomic E-state index is 0.636. The monoisotopic (exact) mass is 340 g/mol. The highest BCUT2D eigenvalue weighted by Gasteiger charge is 2.08. The summed E-state index contributed by atoms with van der Waals surface area (Å²) in [6.45, 7) is 4.81. The van der Waals surface area contributed by atoms with E-state index in [-0.39, 0.29) is 0 Å². The molecular weight excluding hydrogens is 328 g/mol. The molecule has 0 saturated carbocycles. The third-order valence-electron chi connectivity index (χ3n) is 2.61. The molecule has 0 aliphatic heterocycles. The first-order valence-corrected chi connectivity index (χ1v) is 7.06. The van der Waals surface area contributed by atoms with Gasteiger partial charge in [-0.1, -0.05) is 27.5 Å². The maximum Gasteiger partial charge on any atom is 0.138 e. The lowest BCUT2D eigenvalue weighted by molar-refractivity contribution is 1.08. The van der Waals surface area contributed by atoms with Crippen LogP contribution in [0.25, 0.3) is 0 Å². The van der Waals surface area contributed by atoms with Gasteiger partial charge in [-0.05, 0) is 32.0 Å². The molecule has 1 heterocycles. The van der Waals surface area contributed by atoms with E-state index in [4.69, 9.17) is 11.6 Å². The highest BCUT2D eigenvalue weighted by molar-refractivity contribution is 9.10. The number of anilines is 3. The second kappa shape index (κ2) is 6.21. The smallest absolute Gasteiger partial charge is 0.138 e. The number of benzene rings is 1. The summed E-state index contributed by atoms with van der Waals surface area (Å²) in [5, 5.41) is 7.05. The van der Waals surface area contributed by atoms with Gasteiger partial charge in [0.25, 0.3) is 0 Å². The zero-order valence-corrected chi connectivity index (χ0v) is 13.0. The predicted molar refractivity (Wildman–Crippen MR) is 83.4 cm³/mol. The molecule has 2 aromatic rings. The Morgan fingerprint density at radius 3 is 2.68 bits per heavy atom. The summed E-state index contributed by atoms with van der Waals surface area (Å²) >= 11 is 9.56. The molecule has 0 atom stereocenters. The Bertz CT molecular complexity index is 589. The van der Waals surface area contributed by atoms with Gasteiger partial charge >= 0.3 is 0 Å². The molecule has 4 nitrogen and oxygen atoms in total. The molecule has 0 amide bonds. The molecule has 2 N–H and O–H groups in total. The van der Waals surface area contributed by atoms with Crippen molar-refractivity contribution in [3.05, 3.63) is 39.6 Å². The van der Waals surface area contributed by atoms with Gasteiger partial charge in [-0.25, -0.2) is 9.97 Å². The second-order valence-corrected chi connectivity index (χ2v) is 5.30. The predicted octanol–water partition coefficient (Wildman–Crippen LogP) is 4.38. The van der Waals surface area contributed by atoms with Crippen LogP contribution in [-0.4, -0.2) is 16.5 Å². The molecule has 0 saturated heterocycles. The van der Waals surface area contributed by atoms with E-state index in [0.29, 0.717) is 5.02 Å². The molecule has 0 bridgehead atoms. The number of aromatic nitrogens is 2. The lowest BCUT2D eigenvalue weighted by Gasteiger charge is -2.13. The molecule has 0 spiro atoms. The van der Waals surface area contributed by atoms with Crippen molar-refractivity contribution in [1.82, 2.24) is 9.97 Å². The Kier molecular flexibility index (Phi) is 4.61. The lowest BCUT2D eigenvalue weighted by Crippen LogP contribution is -2.05. The van der Waals surface area contributed by atoms with E-state index < -0.39 is 0 Å². The van der Waals surface area contributed by atoms with Crippen molar-refractivity contribution in [3.63, 3.8) is 0 Å². The maximum atomic E-state index is 6.18. The maximum absolute atomic E-state index is 6.18. The molecule has 1 aromatic carbocycles. The lowest BCUT2D eigenvalue weighted by atomic mass is 10.2. The fraction of sp³-hybridized carbons (Fsp3) is 0.231. The van der Waals surface area contributed by atoms with Crippen molar-refractivity contribution >= 4 is 44.9 Å². The second-order valence-electron chi connectivity index (χ2n) is 3.98. The molecular formula is C13H14BrClN4. The van der Waals surface area contributed by atoms with Crippen LogP contribution >= 0.6 is 27.5 Å². The SMILES string of the molecule is CCNc1ncnc(Nc2ccc(Br)cc2Cl)c1C. The van der Waals surface area contributed by atoms with Crippen molar-refractivity contribution < 1.29 is 0 Å². The number of rotatable bonds is 4. The van der Waals surface area contributed by atoms with E-state index in [9.17, 15) is 0 Å². The zero-order chi connectivity index (χ0) is 13.8. The molecule has 6 heteroatoms. The molecule has 0 fully saturated rings. The number of halogens is 2.